The molecule has 1 aliphatic rings. The summed E-state index contributed by atoms with van der Waals surface area (Å²) >= 11 is 1.50. The Kier molecular flexibility index (Phi) is 2.82. The molecular formula is C10H14N2OS. The van der Waals surface area contributed by atoms with E-state index in [1.165, 1.54) is 24.2 Å². The lowest BCUT2D eigenvalue weighted by Crippen LogP contribution is -2.28. The summed E-state index contributed by atoms with van der Waals surface area (Å²) in [7, 11) is 0. The zero-order chi connectivity index (χ0) is 9.97. The van der Waals surface area contributed by atoms with Gasteiger partial charge in [0.25, 0.3) is 0 Å². The van der Waals surface area contributed by atoms with Gasteiger partial charge < -0.3 is 4.90 Å². The van der Waals surface area contributed by atoms with E-state index >= 15 is 0 Å². The Morgan fingerprint density at radius 3 is 3.29 bits per heavy atom. The molecule has 0 amide bonds. The van der Waals surface area contributed by atoms with Crippen molar-refractivity contribution in [1.29, 1.82) is 0 Å². The molecule has 1 saturated heterocycles. The summed E-state index contributed by atoms with van der Waals surface area (Å²) in [5.74, 6) is 0. The number of carbonyl (C=O) groups is 1. The minimum Gasteiger partial charge on any atom is -0.345 e. The maximum Gasteiger partial charge on any atom is 0.186 e. The van der Waals surface area contributed by atoms with Crippen LogP contribution in [0.3, 0.4) is 0 Å². The predicted octanol–water partition coefficient (Wildman–Crippen LogP) is 2.33. The molecule has 3 nitrogen and oxygen atoms in total. The Morgan fingerprint density at radius 2 is 2.64 bits per heavy atom. The molecule has 0 saturated carbocycles. The van der Waals surface area contributed by atoms with Crippen LogP contribution < -0.4 is 4.90 Å². The van der Waals surface area contributed by atoms with Gasteiger partial charge in [0.05, 0.1) is 11.1 Å². The number of carbonyl (C=O) groups excluding carboxylic acids is 1. The molecule has 0 aromatic carbocycles. The average Bonchev–Trinajstić information content (AvgIpc) is 2.85. The molecule has 4 heteroatoms. The molecule has 0 aliphatic carbocycles. The largest absolute Gasteiger partial charge is 0.345 e. The molecule has 1 aromatic rings. The highest BCUT2D eigenvalue weighted by molar-refractivity contribution is 7.17. The Hall–Kier alpha value is -0.900. The number of thiazole rings is 1. The Morgan fingerprint density at radius 1 is 1.79 bits per heavy atom. The Bertz CT molecular complexity index is 324. The second-order valence-electron chi connectivity index (χ2n) is 3.56. The van der Waals surface area contributed by atoms with Gasteiger partial charge in [-0.1, -0.05) is 18.3 Å². The summed E-state index contributed by atoms with van der Waals surface area (Å²) in [6, 6.07) is 0.626. The third-order valence-electron chi connectivity index (χ3n) is 2.72. The van der Waals surface area contributed by atoms with Crippen LogP contribution in [0.5, 0.6) is 0 Å². The summed E-state index contributed by atoms with van der Waals surface area (Å²) in [6.45, 7) is 3.29. The fourth-order valence-electron chi connectivity index (χ4n) is 1.98. The molecule has 0 N–H and O–H groups in total. The maximum atomic E-state index is 10.5. The van der Waals surface area contributed by atoms with E-state index < -0.39 is 0 Å². The van der Waals surface area contributed by atoms with Crippen molar-refractivity contribution in [2.24, 2.45) is 0 Å². The third-order valence-corrected chi connectivity index (χ3v) is 3.68. The van der Waals surface area contributed by atoms with Crippen molar-refractivity contribution in [3.63, 3.8) is 0 Å². The zero-order valence-electron chi connectivity index (χ0n) is 8.27. The van der Waals surface area contributed by atoms with Crippen molar-refractivity contribution in [1.82, 2.24) is 4.98 Å². The molecule has 1 unspecified atom stereocenters. The first-order valence-electron chi connectivity index (χ1n) is 5.02. The van der Waals surface area contributed by atoms with Gasteiger partial charge in [0.15, 0.2) is 11.4 Å². The first-order valence-corrected chi connectivity index (χ1v) is 5.84. The van der Waals surface area contributed by atoms with E-state index in [4.69, 9.17) is 0 Å². The van der Waals surface area contributed by atoms with Crippen molar-refractivity contribution < 1.29 is 4.79 Å². The highest BCUT2D eigenvalue weighted by Gasteiger charge is 2.24. The lowest BCUT2D eigenvalue weighted by atomic mass is 10.2. The number of hydrogen-bond acceptors (Lipinski definition) is 4. The maximum absolute atomic E-state index is 10.5. The average molecular weight is 210 g/mol. The summed E-state index contributed by atoms with van der Waals surface area (Å²) in [6.07, 6.45) is 6.20. The Labute approximate surface area is 87.8 Å². The monoisotopic (exact) mass is 210 g/mol. The van der Waals surface area contributed by atoms with Crippen LogP contribution in [0, 0.1) is 0 Å². The van der Waals surface area contributed by atoms with Crippen LogP contribution in [0.2, 0.25) is 0 Å². The summed E-state index contributed by atoms with van der Waals surface area (Å²) in [5, 5.41) is 1.01. The molecule has 14 heavy (non-hydrogen) atoms. The van der Waals surface area contributed by atoms with Gasteiger partial charge in [-0.25, -0.2) is 4.98 Å². The lowest BCUT2D eigenvalue weighted by Gasteiger charge is -2.22. The van der Waals surface area contributed by atoms with Gasteiger partial charge in [0.1, 0.15) is 0 Å². The van der Waals surface area contributed by atoms with Crippen LogP contribution in [-0.2, 0) is 0 Å². The number of aromatic nitrogens is 1. The van der Waals surface area contributed by atoms with Crippen molar-refractivity contribution >= 4 is 22.8 Å². The van der Waals surface area contributed by atoms with Gasteiger partial charge in [0, 0.05) is 12.6 Å². The normalized spacial score (nSPS) is 21.5. The van der Waals surface area contributed by atoms with Gasteiger partial charge in [-0.2, -0.15) is 0 Å². The molecule has 2 rings (SSSR count). The van der Waals surface area contributed by atoms with Gasteiger partial charge >= 0.3 is 0 Å². The van der Waals surface area contributed by atoms with Crippen LogP contribution in [0.25, 0.3) is 0 Å². The molecule has 1 fully saturated rings. The van der Waals surface area contributed by atoms with Crippen molar-refractivity contribution in [2.75, 3.05) is 11.4 Å². The summed E-state index contributed by atoms with van der Waals surface area (Å²) in [5.41, 5.74) is 0. The first-order chi connectivity index (χ1) is 6.85. The number of hydrogen-bond donors (Lipinski definition) is 0. The van der Waals surface area contributed by atoms with Crippen LogP contribution in [-0.4, -0.2) is 23.9 Å². The quantitative estimate of drug-likeness (QED) is 0.718. The highest BCUT2D eigenvalue weighted by atomic mass is 32.1. The highest BCUT2D eigenvalue weighted by Crippen LogP contribution is 2.30. The number of aldehydes is 1. The fraction of sp³-hybridized carbons (Fsp3) is 0.600. The van der Waals surface area contributed by atoms with Gasteiger partial charge in [-0.05, 0) is 19.3 Å². The predicted molar refractivity (Wildman–Crippen MR) is 58.2 cm³/mol. The van der Waals surface area contributed by atoms with Crippen LogP contribution >= 0.6 is 11.3 Å². The number of nitrogens with zero attached hydrogens (tertiary/aromatic N) is 2. The number of rotatable bonds is 3. The van der Waals surface area contributed by atoms with Gasteiger partial charge in [-0.3, -0.25) is 4.79 Å². The van der Waals surface area contributed by atoms with E-state index in [1.807, 2.05) is 0 Å². The molecule has 1 aliphatic heterocycles. The third kappa shape index (κ3) is 1.66. The first kappa shape index (κ1) is 9.65. The van der Waals surface area contributed by atoms with E-state index in [-0.39, 0.29) is 0 Å². The lowest BCUT2D eigenvalue weighted by molar-refractivity contribution is 0.112. The second-order valence-corrected chi connectivity index (χ2v) is 4.60. The van der Waals surface area contributed by atoms with Crippen molar-refractivity contribution in [2.45, 2.75) is 32.2 Å². The topological polar surface area (TPSA) is 33.2 Å². The van der Waals surface area contributed by atoms with Crippen LogP contribution in [0.4, 0.5) is 5.13 Å². The molecule has 76 valence electrons. The fourth-order valence-corrected chi connectivity index (χ4v) is 2.80. The van der Waals surface area contributed by atoms with Gasteiger partial charge in [0.2, 0.25) is 0 Å². The molecule has 0 spiro atoms. The summed E-state index contributed by atoms with van der Waals surface area (Å²) < 4.78 is 0. The van der Waals surface area contributed by atoms with Crippen molar-refractivity contribution in [3.8, 4) is 0 Å². The van der Waals surface area contributed by atoms with E-state index in [2.05, 4.69) is 16.8 Å². The molecular weight excluding hydrogens is 196 g/mol. The Balaban J connectivity index is 2.17. The SMILES string of the molecule is CCC1CCCN1c1ncc(C=O)s1. The smallest absolute Gasteiger partial charge is 0.186 e. The minimum absolute atomic E-state index is 0.626. The van der Waals surface area contributed by atoms with Crippen molar-refractivity contribution in [3.05, 3.63) is 11.1 Å². The minimum atomic E-state index is 0.626. The molecule has 1 atom stereocenters. The number of anilines is 1. The zero-order valence-corrected chi connectivity index (χ0v) is 9.09. The summed E-state index contributed by atoms with van der Waals surface area (Å²) in [4.78, 5) is 17.9. The van der Waals surface area contributed by atoms with E-state index in [9.17, 15) is 4.79 Å². The van der Waals surface area contributed by atoms with E-state index in [1.54, 1.807) is 6.20 Å². The van der Waals surface area contributed by atoms with Gasteiger partial charge in [-0.15, -0.1) is 0 Å². The molecule has 0 bridgehead atoms. The van der Waals surface area contributed by atoms with E-state index in [0.717, 1.165) is 29.3 Å². The standard InChI is InChI=1S/C10H14N2OS/c1-2-8-4-3-5-12(8)10-11-6-9(7-13)14-10/h6-8H,2-5H2,1H3. The molecule has 0 radical (unpaired) electrons. The van der Waals surface area contributed by atoms with E-state index in [0.29, 0.717) is 6.04 Å². The van der Waals surface area contributed by atoms with Crippen LogP contribution in [0.1, 0.15) is 35.9 Å². The molecule has 2 heterocycles. The molecule has 1 aromatic heterocycles. The van der Waals surface area contributed by atoms with Crippen LogP contribution in [0.15, 0.2) is 6.20 Å². The second kappa shape index (κ2) is 4.09.